The van der Waals surface area contributed by atoms with Gasteiger partial charge in [0.05, 0.1) is 0 Å². The zero-order chi connectivity index (χ0) is 14.0. The van der Waals surface area contributed by atoms with Crippen molar-refractivity contribution in [3.63, 3.8) is 0 Å². The third-order valence-corrected chi connectivity index (χ3v) is 6.36. The van der Waals surface area contributed by atoms with Crippen LogP contribution in [0.15, 0.2) is 0 Å². The maximum absolute atomic E-state index is 6.29. The van der Waals surface area contributed by atoms with Crippen LogP contribution in [0.1, 0.15) is 66.2 Å². The number of likely N-dealkylation sites (tertiary alicyclic amines) is 1. The summed E-state index contributed by atoms with van der Waals surface area (Å²) in [4.78, 5) is 2.77. The van der Waals surface area contributed by atoms with Gasteiger partial charge in [-0.05, 0) is 56.4 Å². The number of hydrogen-bond acceptors (Lipinski definition) is 2. The molecule has 1 aliphatic carbocycles. The van der Waals surface area contributed by atoms with Crippen LogP contribution in [-0.2, 0) is 0 Å². The molecule has 2 N–H and O–H groups in total. The molecule has 0 aromatic heterocycles. The van der Waals surface area contributed by atoms with Crippen LogP contribution in [0.4, 0.5) is 0 Å². The Labute approximate surface area is 120 Å². The number of rotatable bonds is 2. The van der Waals surface area contributed by atoms with E-state index in [4.69, 9.17) is 5.73 Å². The van der Waals surface area contributed by atoms with Gasteiger partial charge in [-0.25, -0.2) is 0 Å². The summed E-state index contributed by atoms with van der Waals surface area (Å²) in [5.74, 6) is 1.47. The van der Waals surface area contributed by atoms with Crippen molar-refractivity contribution in [2.75, 3.05) is 13.1 Å². The van der Waals surface area contributed by atoms with Crippen LogP contribution >= 0.6 is 0 Å². The van der Waals surface area contributed by atoms with E-state index >= 15 is 0 Å². The van der Waals surface area contributed by atoms with Crippen LogP contribution in [-0.4, -0.2) is 30.1 Å². The zero-order valence-electron chi connectivity index (χ0n) is 13.5. The monoisotopic (exact) mass is 266 g/mol. The van der Waals surface area contributed by atoms with Gasteiger partial charge in [0.25, 0.3) is 0 Å². The number of nitrogens with two attached hydrogens (primary N) is 1. The normalized spacial score (nSPS) is 40.9. The van der Waals surface area contributed by atoms with Crippen molar-refractivity contribution < 1.29 is 0 Å². The highest BCUT2D eigenvalue weighted by atomic mass is 15.2. The van der Waals surface area contributed by atoms with E-state index in [9.17, 15) is 0 Å². The van der Waals surface area contributed by atoms with E-state index in [1.54, 1.807) is 0 Å². The molecule has 0 amide bonds. The topological polar surface area (TPSA) is 29.3 Å². The average molecular weight is 266 g/mol. The van der Waals surface area contributed by atoms with E-state index < -0.39 is 0 Å². The molecular weight excluding hydrogens is 232 g/mol. The average Bonchev–Trinajstić information content (AvgIpc) is 2.56. The quantitative estimate of drug-likeness (QED) is 0.826. The van der Waals surface area contributed by atoms with Crippen molar-refractivity contribution in [1.82, 2.24) is 4.90 Å². The Morgan fingerprint density at radius 2 is 1.79 bits per heavy atom. The molecule has 2 rings (SSSR count). The van der Waals surface area contributed by atoms with E-state index in [-0.39, 0.29) is 0 Å². The Balaban J connectivity index is 2.01. The van der Waals surface area contributed by atoms with Crippen LogP contribution in [0, 0.1) is 17.3 Å². The summed E-state index contributed by atoms with van der Waals surface area (Å²) in [6.07, 6.45) is 8.18. The summed E-state index contributed by atoms with van der Waals surface area (Å²) in [5.41, 5.74) is 6.68. The second kappa shape index (κ2) is 6.13. The highest BCUT2D eigenvalue weighted by Crippen LogP contribution is 2.45. The van der Waals surface area contributed by atoms with Crippen LogP contribution in [0.5, 0.6) is 0 Å². The second-order valence-electron chi connectivity index (χ2n) is 7.74. The summed E-state index contributed by atoms with van der Waals surface area (Å²) in [6, 6.07) is 1.19. The molecule has 2 fully saturated rings. The molecule has 0 bridgehead atoms. The van der Waals surface area contributed by atoms with Crippen LogP contribution < -0.4 is 5.73 Å². The Bertz CT molecular complexity index is 287. The molecule has 4 unspecified atom stereocenters. The third kappa shape index (κ3) is 3.33. The van der Waals surface area contributed by atoms with Crippen LogP contribution in [0.3, 0.4) is 0 Å². The van der Waals surface area contributed by atoms with Gasteiger partial charge in [0.2, 0.25) is 0 Å². The third-order valence-electron chi connectivity index (χ3n) is 6.36. The fourth-order valence-corrected chi connectivity index (χ4v) is 4.15. The molecule has 0 radical (unpaired) electrons. The first-order valence-corrected chi connectivity index (χ1v) is 8.42. The predicted molar refractivity (Wildman–Crippen MR) is 83.1 cm³/mol. The molecule has 0 aromatic carbocycles. The van der Waals surface area contributed by atoms with Gasteiger partial charge in [0, 0.05) is 18.6 Å². The minimum Gasteiger partial charge on any atom is -0.327 e. The highest BCUT2D eigenvalue weighted by molar-refractivity contribution is 4.95. The maximum Gasteiger partial charge on any atom is 0.00698 e. The molecule has 2 heteroatoms. The van der Waals surface area contributed by atoms with Gasteiger partial charge in [-0.2, -0.15) is 0 Å². The van der Waals surface area contributed by atoms with Gasteiger partial charge in [-0.3, -0.25) is 0 Å². The molecule has 2 nitrogen and oxygen atoms in total. The predicted octanol–water partition coefficient (Wildman–Crippen LogP) is 3.65. The molecule has 1 saturated heterocycles. The summed E-state index contributed by atoms with van der Waals surface area (Å²) in [7, 11) is 0. The van der Waals surface area contributed by atoms with Crippen molar-refractivity contribution >= 4 is 0 Å². The van der Waals surface area contributed by atoms with E-state index in [2.05, 4.69) is 32.6 Å². The minimum atomic E-state index is 0.393. The molecular formula is C17H34N2. The highest BCUT2D eigenvalue weighted by Gasteiger charge is 2.42. The van der Waals surface area contributed by atoms with Gasteiger partial charge >= 0.3 is 0 Å². The molecule has 19 heavy (non-hydrogen) atoms. The Morgan fingerprint density at radius 1 is 1.05 bits per heavy atom. The van der Waals surface area contributed by atoms with Crippen molar-refractivity contribution in [2.24, 2.45) is 23.0 Å². The van der Waals surface area contributed by atoms with Gasteiger partial charge in [-0.1, -0.05) is 33.6 Å². The Kier molecular flexibility index (Phi) is 4.94. The Morgan fingerprint density at radius 3 is 2.53 bits per heavy atom. The Hall–Kier alpha value is -0.0800. The van der Waals surface area contributed by atoms with E-state index in [0.717, 1.165) is 12.0 Å². The van der Waals surface area contributed by atoms with E-state index in [1.165, 1.54) is 51.6 Å². The van der Waals surface area contributed by atoms with Crippen molar-refractivity contribution in [3.8, 4) is 0 Å². The smallest absolute Gasteiger partial charge is 0.00698 e. The molecule has 1 saturated carbocycles. The molecule has 4 atom stereocenters. The summed E-state index contributed by atoms with van der Waals surface area (Å²) in [6.45, 7) is 12.3. The summed E-state index contributed by atoms with van der Waals surface area (Å²) >= 11 is 0. The van der Waals surface area contributed by atoms with Gasteiger partial charge < -0.3 is 10.6 Å². The minimum absolute atomic E-state index is 0.393. The SMILES string of the molecule is CC1CCCCCN1CC1CCC(N)C(C)C1(C)C. The molecule has 2 aliphatic rings. The lowest BCUT2D eigenvalue weighted by molar-refractivity contribution is 0.0208. The second-order valence-corrected chi connectivity index (χ2v) is 7.74. The van der Waals surface area contributed by atoms with Crippen molar-refractivity contribution in [1.29, 1.82) is 0 Å². The molecule has 0 aromatic rings. The fourth-order valence-electron chi connectivity index (χ4n) is 4.15. The van der Waals surface area contributed by atoms with Gasteiger partial charge in [0.1, 0.15) is 0 Å². The fraction of sp³-hybridized carbons (Fsp3) is 1.00. The largest absolute Gasteiger partial charge is 0.327 e. The lowest BCUT2D eigenvalue weighted by atomic mass is 9.61. The van der Waals surface area contributed by atoms with Crippen LogP contribution in [0.25, 0.3) is 0 Å². The summed E-state index contributed by atoms with van der Waals surface area (Å²) < 4.78 is 0. The first-order chi connectivity index (χ1) is 8.93. The van der Waals surface area contributed by atoms with Crippen LogP contribution in [0.2, 0.25) is 0 Å². The standard InChI is InChI=1S/C17H34N2/c1-13-8-6-5-7-11-19(13)12-15-9-10-16(18)14(2)17(15,3)4/h13-16H,5-12,18H2,1-4H3. The molecule has 1 aliphatic heterocycles. The zero-order valence-corrected chi connectivity index (χ0v) is 13.5. The summed E-state index contributed by atoms with van der Waals surface area (Å²) in [5, 5.41) is 0. The number of nitrogens with zero attached hydrogens (tertiary/aromatic N) is 1. The molecule has 0 spiro atoms. The van der Waals surface area contributed by atoms with E-state index in [1.807, 2.05) is 0 Å². The van der Waals surface area contributed by atoms with Gasteiger partial charge in [-0.15, -0.1) is 0 Å². The first kappa shape index (κ1) is 15.3. The first-order valence-electron chi connectivity index (χ1n) is 8.42. The number of hydrogen-bond donors (Lipinski definition) is 1. The lowest BCUT2D eigenvalue weighted by Gasteiger charge is -2.49. The lowest BCUT2D eigenvalue weighted by Crippen LogP contribution is -2.51. The molecule has 112 valence electrons. The molecule has 1 heterocycles. The van der Waals surface area contributed by atoms with Crippen molar-refractivity contribution in [2.45, 2.75) is 78.3 Å². The van der Waals surface area contributed by atoms with E-state index in [0.29, 0.717) is 17.4 Å². The van der Waals surface area contributed by atoms with Crippen molar-refractivity contribution in [3.05, 3.63) is 0 Å². The maximum atomic E-state index is 6.29. The van der Waals surface area contributed by atoms with Gasteiger partial charge in [0.15, 0.2) is 0 Å².